The van der Waals surface area contributed by atoms with Gasteiger partial charge in [0.25, 0.3) is 10.0 Å². The molecule has 0 aromatic heterocycles. The van der Waals surface area contributed by atoms with Gasteiger partial charge in [-0.1, -0.05) is 55.3 Å². The van der Waals surface area contributed by atoms with Crippen molar-refractivity contribution < 1.29 is 27.5 Å². The van der Waals surface area contributed by atoms with Gasteiger partial charge in [0.1, 0.15) is 12.6 Å². The summed E-state index contributed by atoms with van der Waals surface area (Å²) in [6.07, 6.45) is 1.08. The summed E-state index contributed by atoms with van der Waals surface area (Å²) < 4.78 is 39.8. The van der Waals surface area contributed by atoms with E-state index in [1.807, 2.05) is 45.0 Å². The normalized spacial score (nSPS) is 11.9. The number of nitrogens with zero attached hydrogens (tertiary/aromatic N) is 2. The van der Waals surface area contributed by atoms with E-state index in [9.17, 15) is 18.0 Å². The molecule has 42 heavy (non-hydrogen) atoms. The molecule has 1 atom stereocenters. The molecule has 0 radical (unpaired) electrons. The smallest absolute Gasteiger partial charge is 0.264 e. The van der Waals surface area contributed by atoms with E-state index in [2.05, 4.69) is 5.32 Å². The van der Waals surface area contributed by atoms with Crippen LogP contribution >= 0.6 is 11.6 Å². The second-order valence-corrected chi connectivity index (χ2v) is 12.0. The summed E-state index contributed by atoms with van der Waals surface area (Å²) in [7, 11) is -1.43. The molecule has 0 bridgehead atoms. The van der Waals surface area contributed by atoms with Crippen molar-refractivity contribution in [3.8, 4) is 11.5 Å². The van der Waals surface area contributed by atoms with Gasteiger partial charge in [-0.25, -0.2) is 8.42 Å². The number of hydrogen-bond acceptors (Lipinski definition) is 6. The lowest BCUT2D eigenvalue weighted by atomic mass is 10.1. The standard InChI is InChI=1S/C31H38ClN3O6S/c1-6-17-33-31(37)27(7-2)34(20-23-10-8-9-22(3)18-23)30(36)21-35(25-13-11-24(32)12-14-25)42(38,39)26-15-16-28(40-4)29(19-26)41-5/h8-16,18-19,27H,6-7,17,20-21H2,1-5H3,(H,33,37)/t27-/m0/s1. The average Bonchev–Trinajstić information content (AvgIpc) is 2.98. The molecule has 3 aromatic rings. The van der Waals surface area contributed by atoms with Crippen LogP contribution in [-0.4, -0.2) is 58.5 Å². The van der Waals surface area contributed by atoms with Crippen LogP contribution < -0.4 is 19.1 Å². The number of methoxy groups -OCH3 is 2. The van der Waals surface area contributed by atoms with Gasteiger partial charge in [-0.05, 0) is 61.7 Å². The number of amides is 2. The van der Waals surface area contributed by atoms with E-state index in [1.54, 1.807) is 12.1 Å². The molecule has 3 aromatic carbocycles. The van der Waals surface area contributed by atoms with Crippen LogP contribution in [0.1, 0.15) is 37.8 Å². The largest absolute Gasteiger partial charge is 0.493 e. The van der Waals surface area contributed by atoms with Gasteiger partial charge in [0.2, 0.25) is 11.8 Å². The molecule has 0 aliphatic heterocycles. The number of rotatable bonds is 14. The van der Waals surface area contributed by atoms with Gasteiger partial charge < -0.3 is 19.7 Å². The van der Waals surface area contributed by atoms with Crippen LogP contribution in [-0.2, 0) is 26.2 Å². The Hall–Kier alpha value is -3.76. The first-order chi connectivity index (χ1) is 20.0. The number of aryl methyl sites for hydroxylation is 1. The summed E-state index contributed by atoms with van der Waals surface area (Å²) in [4.78, 5) is 28.7. The Morgan fingerprint density at radius 2 is 1.64 bits per heavy atom. The van der Waals surface area contributed by atoms with E-state index in [0.717, 1.165) is 21.9 Å². The summed E-state index contributed by atoms with van der Waals surface area (Å²) in [6, 6.07) is 17.2. The fourth-order valence-electron chi connectivity index (χ4n) is 4.53. The Kier molecular flexibility index (Phi) is 11.6. The van der Waals surface area contributed by atoms with Crippen molar-refractivity contribution in [1.29, 1.82) is 0 Å². The van der Waals surface area contributed by atoms with E-state index in [-0.39, 0.29) is 28.8 Å². The summed E-state index contributed by atoms with van der Waals surface area (Å²) in [6.45, 7) is 5.75. The molecule has 1 N–H and O–H groups in total. The van der Waals surface area contributed by atoms with E-state index in [4.69, 9.17) is 21.1 Å². The lowest BCUT2D eigenvalue weighted by molar-refractivity contribution is -0.140. The van der Waals surface area contributed by atoms with Gasteiger partial charge >= 0.3 is 0 Å². The molecule has 11 heteroatoms. The molecule has 0 saturated heterocycles. The first kappa shape index (κ1) is 32.8. The minimum atomic E-state index is -4.29. The number of sulfonamides is 1. The Labute approximate surface area is 253 Å². The van der Waals surface area contributed by atoms with Crippen LogP contribution in [0.15, 0.2) is 71.6 Å². The van der Waals surface area contributed by atoms with E-state index in [0.29, 0.717) is 23.7 Å². The third-order valence-corrected chi connectivity index (χ3v) is 8.73. The zero-order chi connectivity index (χ0) is 30.9. The predicted molar refractivity (Wildman–Crippen MR) is 165 cm³/mol. The number of carbonyl (C=O) groups excluding carboxylic acids is 2. The highest BCUT2D eigenvalue weighted by Gasteiger charge is 2.34. The van der Waals surface area contributed by atoms with Crippen molar-refractivity contribution in [3.05, 3.63) is 82.9 Å². The molecule has 226 valence electrons. The minimum absolute atomic E-state index is 0.0964. The second-order valence-electron chi connectivity index (χ2n) is 9.73. The quantitative estimate of drug-likeness (QED) is 0.267. The maximum absolute atomic E-state index is 14.1. The number of ether oxygens (including phenoxy) is 2. The first-order valence-electron chi connectivity index (χ1n) is 13.7. The van der Waals surface area contributed by atoms with E-state index in [1.165, 1.54) is 49.5 Å². The molecule has 2 amide bonds. The highest BCUT2D eigenvalue weighted by Crippen LogP contribution is 2.32. The van der Waals surface area contributed by atoms with E-state index < -0.39 is 28.5 Å². The Morgan fingerprint density at radius 1 is 0.952 bits per heavy atom. The van der Waals surface area contributed by atoms with Gasteiger partial charge in [0.15, 0.2) is 11.5 Å². The molecule has 0 heterocycles. The number of carbonyl (C=O) groups is 2. The maximum atomic E-state index is 14.1. The maximum Gasteiger partial charge on any atom is 0.264 e. The minimum Gasteiger partial charge on any atom is -0.493 e. The predicted octanol–water partition coefficient (Wildman–Crippen LogP) is 5.19. The molecule has 0 aliphatic carbocycles. The van der Waals surface area contributed by atoms with Crippen molar-refractivity contribution >= 4 is 39.1 Å². The molecule has 0 fully saturated rings. The number of anilines is 1. The van der Waals surface area contributed by atoms with Crippen LogP contribution in [0.25, 0.3) is 0 Å². The van der Waals surface area contributed by atoms with Crippen molar-refractivity contribution in [1.82, 2.24) is 10.2 Å². The number of benzene rings is 3. The molecule has 0 spiro atoms. The summed E-state index contributed by atoms with van der Waals surface area (Å²) in [5.41, 5.74) is 2.06. The van der Waals surface area contributed by atoms with Gasteiger partial charge in [0.05, 0.1) is 24.8 Å². The lowest BCUT2D eigenvalue weighted by Crippen LogP contribution is -2.52. The summed E-state index contributed by atoms with van der Waals surface area (Å²) >= 11 is 6.10. The average molecular weight is 616 g/mol. The monoisotopic (exact) mass is 615 g/mol. The topological polar surface area (TPSA) is 105 Å². The fourth-order valence-corrected chi connectivity index (χ4v) is 6.09. The highest BCUT2D eigenvalue weighted by molar-refractivity contribution is 7.92. The Bertz CT molecular complexity index is 1480. The summed E-state index contributed by atoms with van der Waals surface area (Å²) in [5.74, 6) is -0.241. The highest BCUT2D eigenvalue weighted by atomic mass is 35.5. The second kappa shape index (κ2) is 14.9. The van der Waals surface area contributed by atoms with Crippen LogP contribution in [0.5, 0.6) is 11.5 Å². The first-order valence-corrected chi connectivity index (χ1v) is 15.5. The molecule has 0 unspecified atom stereocenters. The van der Waals surface area contributed by atoms with Gasteiger partial charge in [-0.3, -0.25) is 13.9 Å². The molecule has 3 rings (SSSR count). The van der Waals surface area contributed by atoms with Crippen molar-refractivity contribution in [2.45, 2.75) is 51.1 Å². The number of hydrogen-bond donors (Lipinski definition) is 1. The number of halogens is 1. The van der Waals surface area contributed by atoms with Crippen LogP contribution in [0.4, 0.5) is 5.69 Å². The third kappa shape index (κ3) is 7.95. The Morgan fingerprint density at radius 3 is 2.24 bits per heavy atom. The van der Waals surface area contributed by atoms with Crippen LogP contribution in [0.3, 0.4) is 0 Å². The van der Waals surface area contributed by atoms with Crippen molar-refractivity contribution in [2.24, 2.45) is 0 Å². The SMILES string of the molecule is CCCNC(=O)[C@H](CC)N(Cc1cccc(C)c1)C(=O)CN(c1ccc(Cl)cc1)S(=O)(=O)c1ccc(OC)c(OC)c1. The van der Waals surface area contributed by atoms with Gasteiger partial charge in [-0.2, -0.15) is 0 Å². The fraction of sp³-hybridized carbons (Fsp3) is 0.355. The summed E-state index contributed by atoms with van der Waals surface area (Å²) in [5, 5.41) is 3.29. The molecule has 0 saturated carbocycles. The molecular formula is C31H38ClN3O6S. The number of nitrogens with one attached hydrogen (secondary N) is 1. The van der Waals surface area contributed by atoms with Crippen LogP contribution in [0.2, 0.25) is 5.02 Å². The van der Waals surface area contributed by atoms with Gasteiger partial charge in [0, 0.05) is 24.2 Å². The zero-order valence-electron chi connectivity index (χ0n) is 24.6. The van der Waals surface area contributed by atoms with Gasteiger partial charge in [-0.15, -0.1) is 0 Å². The van der Waals surface area contributed by atoms with Crippen LogP contribution in [0, 0.1) is 6.92 Å². The van der Waals surface area contributed by atoms with E-state index >= 15 is 0 Å². The van der Waals surface area contributed by atoms with Crippen molar-refractivity contribution in [2.75, 3.05) is 31.6 Å². The zero-order valence-corrected chi connectivity index (χ0v) is 26.2. The van der Waals surface area contributed by atoms with Crippen molar-refractivity contribution in [3.63, 3.8) is 0 Å². The third-order valence-electron chi connectivity index (χ3n) is 6.71. The Balaban J connectivity index is 2.09. The lowest BCUT2D eigenvalue weighted by Gasteiger charge is -2.33. The molecular weight excluding hydrogens is 578 g/mol. The molecule has 9 nitrogen and oxygen atoms in total. The molecule has 0 aliphatic rings.